The molecule has 2 heterocycles. The first-order valence-corrected chi connectivity index (χ1v) is 24.9. The molecule has 0 aliphatic heterocycles. The van der Waals surface area contributed by atoms with Gasteiger partial charge in [-0.05, 0) is 110 Å². The zero-order chi connectivity index (χ0) is 53.2. The van der Waals surface area contributed by atoms with Crippen molar-refractivity contribution in [3.8, 4) is 89.7 Å². The zero-order valence-electron chi connectivity index (χ0n) is 46.4. The fourth-order valence-electron chi connectivity index (χ4n) is 9.72. The molecule has 4 nitrogen and oxygen atoms in total. The van der Waals surface area contributed by atoms with Gasteiger partial charge in [0, 0.05) is 48.2 Å². The Hall–Kier alpha value is -7.13. The van der Waals surface area contributed by atoms with Crippen molar-refractivity contribution < 1.29 is 30.3 Å². The first kappa shape index (κ1) is 46.9. The van der Waals surface area contributed by atoms with E-state index < -0.39 is 12.3 Å². The van der Waals surface area contributed by atoms with E-state index >= 15 is 0 Å². The van der Waals surface area contributed by atoms with Gasteiger partial charge >= 0.3 is 0 Å². The number of para-hydroxylation sites is 1. The number of hydrogen-bond acceptors (Lipinski definition) is 3. The molecule has 0 aliphatic rings. The van der Waals surface area contributed by atoms with Crippen LogP contribution in [0.4, 0.5) is 0 Å². The SMILES string of the molecule is [2H]C([2H])([2H])c1cc(-n2c(-c3cc(C(C)(C)C)cc(C(C)(C)C)c3O)nc3c(-c4[c-]c(-c5cc(-c6ccc(C)cc6)ccn5)cc(-c5ccccc5)c4)cccc32)c(-c2ccccc2)cc1-c1ccc(C(C)(C)C)cc1.[Pt]. The molecule has 0 amide bonds. The van der Waals surface area contributed by atoms with E-state index in [1.807, 2.05) is 85.1 Å². The van der Waals surface area contributed by atoms with Gasteiger partial charge in [-0.2, -0.15) is 0 Å². The maximum atomic E-state index is 12.8. The minimum atomic E-state index is -2.51. The van der Waals surface area contributed by atoms with Gasteiger partial charge in [-0.15, -0.1) is 23.8 Å². The molecule has 0 aliphatic carbocycles. The molecule has 2 aromatic heterocycles. The molecule has 0 radical (unpaired) electrons. The van der Waals surface area contributed by atoms with Crippen LogP contribution < -0.4 is 0 Å². The third kappa shape index (κ3) is 10.2. The molecule has 1 N–H and O–H groups in total. The van der Waals surface area contributed by atoms with Gasteiger partial charge in [0.05, 0.1) is 22.3 Å². The Labute approximate surface area is 451 Å². The van der Waals surface area contributed by atoms with Crippen molar-refractivity contribution in [1.82, 2.24) is 14.5 Å². The molecule has 5 heteroatoms. The number of fused-ring (bicyclic) bond motifs is 1. The number of pyridine rings is 1. The predicted octanol–water partition coefficient (Wildman–Crippen LogP) is 18.1. The number of phenols is 1. The molecule has 368 valence electrons. The van der Waals surface area contributed by atoms with Crippen molar-refractivity contribution in [3.05, 3.63) is 216 Å². The third-order valence-electron chi connectivity index (χ3n) is 13.9. The molecular weight excluding hydrogens is 1070 g/mol. The van der Waals surface area contributed by atoms with Gasteiger partial charge in [-0.1, -0.05) is 218 Å². The average Bonchev–Trinajstić information content (AvgIpc) is 3.79. The molecule has 0 bridgehead atoms. The number of imidazole rings is 1. The van der Waals surface area contributed by atoms with Crippen LogP contribution in [0.25, 0.3) is 95.0 Å². The standard InChI is InChI=1S/C68H64N3O.Pt/c1-43-25-27-46(28-26-43)49-33-34-69-60(39-49)52-37-50(45-19-14-12-15-20-45)36-51(38-52)55-23-18-24-61-63(55)70-65(58-40-54(67(6,7)8)41-59(64(58)72)68(9,10)11)71(61)62-35-44(2)56(42-57(62)47-21-16-13-17-22-47)48-29-31-53(32-30-48)66(3,4)5;/h12-37,39-42,72H,1-11H3;/q-1;/i2D3;. The van der Waals surface area contributed by atoms with Crippen LogP contribution in [-0.4, -0.2) is 19.6 Å². The molecule has 10 rings (SSSR count). The van der Waals surface area contributed by atoms with Gasteiger partial charge in [-0.25, -0.2) is 4.98 Å². The van der Waals surface area contributed by atoms with Gasteiger partial charge in [-0.3, -0.25) is 9.55 Å². The second-order valence-corrected chi connectivity index (χ2v) is 22.3. The normalized spacial score (nSPS) is 12.8. The van der Waals surface area contributed by atoms with Crippen LogP contribution >= 0.6 is 0 Å². The Morgan fingerprint density at radius 2 is 1.12 bits per heavy atom. The second-order valence-electron chi connectivity index (χ2n) is 22.3. The molecular formula is C68H64N3OPt-. The summed E-state index contributed by atoms with van der Waals surface area (Å²) in [4.78, 5) is 10.6. The molecule has 8 aromatic carbocycles. The molecule has 73 heavy (non-hydrogen) atoms. The first-order valence-electron chi connectivity index (χ1n) is 26.4. The number of nitrogens with zero attached hydrogens (tertiary/aromatic N) is 3. The summed E-state index contributed by atoms with van der Waals surface area (Å²) in [5.41, 5.74) is 16.7. The van der Waals surface area contributed by atoms with E-state index in [-0.39, 0.29) is 43.2 Å². The Morgan fingerprint density at radius 3 is 1.77 bits per heavy atom. The number of aromatic nitrogens is 3. The number of rotatable bonds is 8. The summed E-state index contributed by atoms with van der Waals surface area (Å²) in [5, 5.41) is 12.8. The van der Waals surface area contributed by atoms with Crippen LogP contribution in [0.2, 0.25) is 0 Å². The smallest absolute Gasteiger partial charge is 0.148 e. The summed E-state index contributed by atoms with van der Waals surface area (Å²) in [6.45, 7) is 19.0. The molecule has 0 spiro atoms. The quantitative estimate of drug-likeness (QED) is 0.154. The Kier molecular flexibility index (Phi) is 12.7. The Morgan fingerprint density at radius 1 is 0.507 bits per heavy atom. The van der Waals surface area contributed by atoms with Crippen molar-refractivity contribution in [2.24, 2.45) is 0 Å². The second kappa shape index (κ2) is 19.7. The summed E-state index contributed by atoms with van der Waals surface area (Å²) >= 11 is 0. The molecule has 0 atom stereocenters. The minimum absolute atomic E-state index is 0. The topological polar surface area (TPSA) is 50.9 Å². The molecule has 0 fully saturated rings. The van der Waals surface area contributed by atoms with Crippen LogP contribution in [0.15, 0.2) is 182 Å². The van der Waals surface area contributed by atoms with Crippen molar-refractivity contribution >= 4 is 11.0 Å². The minimum Gasteiger partial charge on any atom is -0.507 e. The summed E-state index contributed by atoms with van der Waals surface area (Å²) < 4.78 is 29.6. The van der Waals surface area contributed by atoms with Crippen LogP contribution in [-0.2, 0) is 37.3 Å². The number of aromatic hydroxyl groups is 1. The van der Waals surface area contributed by atoms with Crippen LogP contribution in [0.1, 0.15) is 94.2 Å². The fraction of sp³-hybridized carbons (Fsp3) is 0.206. The number of phenolic OH excluding ortho intramolecular Hbond substituents is 1. The van der Waals surface area contributed by atoms with Crippen molar-refractivity contribution in [1.29, 1.82) is 0 Å². The first-order chi connectivity index (χ1) is 35.5. The van der Waals surface area contributed by atoms with E-state index in [2.05, 4.69) is 177 Å². The summed E-state index contributed by atoms with van der Waals surface area (Å²) in [7, 11) is 0. The van der Waals surface area contributed by atoms with Gasteiger partial charge < -0.3 is 5.11 Å². The maximum absolute atomic E-state index is 12.8. The molecule has 0 saturated heterocycles. The average molecular weight is 1140 g/mol. The summed E-state index contributed by atoms with van der Waals surface area (Å²) in [5.74, 6) is 0.607. The largest absolute Gasteiger partial charge is 0.507 e. The Bertz CT molecular complexity index is 3750. The van der Waals surface area contributed by atoms with E-state index in [9.17, 15) is 5.11 Å². The fourth-order valence-corrected chi connectivity index (χ4v) is 9.72. The van der Waals surface area contributed by atoms with E-state index in [4.69, 9.17) is 14.1 Å². The van der Waals surface area contributed by atoms with Crippen molar-refractivity contribution in [2.45, 2.75) is 92.3 Å². The van der Waals surface area contributed by atoms with E-state index in [0.717, 1.165) is 83.5 Å². The number of hydrogen-bond donors (Lipinski definition) is 1. The van der Waals surface area contributed by atoms with Crippen LogP contribution in [0, 0.1) is 19.8 Å². The number of benzene rings is 8. The van der Waals surface area contributed by atoms with Crippen molar-refractivity contribution in [3.63, 3.8) is 0 Å². The molecule has 0 unspecified atom stereocenters. The maximum Gasteiger partial charge on any atom is 0.148 e. The van der Waals surface area contributed by atoms with Gasteiger partial charge in [0.1, 0.15) is 11.6 Å². The third-order valence-corrected chi connectivity index (χ3v) is 13.9. The summed E-state index contributed by atoms with van der Waals surface area (Å²) in [6, 6.07) is 63.7. The Balaban J connectivity index is 0.00000706. The monoisotopic (exact) mass is 1140 g/mol. The van der Waals surface area contributed by atoms with Crippen molar-refractivity contribution in [2.75, 3.05) is 0 Å². The summed E-state index contributed by atoms with van der Waals surface area (Å²) in [6.07, 6.45) is 1.86. The number of aryl methyl sites for hydroxylation is 2. The van der Waals surface area contributed by atoms with E-state index in [1.54, 1.807) is 0 Å². The van der Waals surface area contributed by atoms with Crippen LogP contribution in [0.3, 0.4) is 0 Å². The van der Waals surface area contributed by atoms with Gasteiger partial charge in [0.25, 0.3) is 0 Å². The van der Waals surface area contributed by atoms with Gasteiger partial charge in [0.15, 0.2) is 0 Å². The molecule has 0 saturated carbocycles. The molecule has 10 aromatic rings. The van der Waals surface area contributed by atoms with E-state index in [1.165, 1.54) is 5.56 Å². The zero-order valence-corrected chi connectivity index (χ0v) is 45.7. The van der Waals surface area contributed by atoms with Gasteiger partial charge in [0.2, 0.25) is 0 Å². The predicted molar refractivity (Wildman–Crippen MR) is 303 cm³/mol. The van der Waals surface area contributed by atoms with Crippen LogP contribution in [0.5, 0.6) is 5.75 Å². The van der Waals surface area contributed by atoms with E-state index in [0.29, 0.717) is 28.2 Å².